The standard InChI is InChI=1S/C17H22N2S/c1-12-5-3-4-6-16(12)14-9-15(10-14)18-8-7-17-19-13(2)11-20-17/h3-6,11,14-15,18H,7-10H2,1-2H3. The van der Waals surface area contributed by atoms with Crippen LogP contribution in [0.4, 0.5) is 0 Å². The summed E-state index contributed by atoms with van der Waals surface area (Å²) >= 11 is 1.78. The van der Waals surface area contributed by atoms with Gasteiger partial charge in [0, 0.05) is 30.1 Å². The van der Waals surface area contributed by atoms with Gasteiger partial charge in [-0.05, 0) is 43.7 Å². The Labute approximate surface area is 125 Å². The van der Waals surface area contributed by atoms with Gasteiger partial charge in [0.05, 0.1) is 5.01 Å². The van der Waals surface area contributed by atoms with Crippen LogP contribution in [0, 0.1) is 13.8 Å². The number of benzene rings is 1. The SMILES string of the molecule is Cc1csc(CCNC2CC(c3ccccc3C)C2)n1. The van der Waals surface area contributed by atoms with Gasteiger partial charge in [-0.25, -0.2) is 4.98 Å². The summed E-state index contributed by atoms with van der Waals surface area (Å²) in [5, 5.41) is 7.05. The molecule has 0 unspecified atom stereocenters. The van der Waals surface area contributed by atoms with Crippen molar-refractivity contribution in [3.63, 3.8) is 0 Å². The average molecular weight is 286 g/mol. The van der Waals surface area contributed by atoms with E-state index in [4.69, 9.17) is 0 Å². The number of nitrogens with zero attached hydrogens (tertiary/aromatic N) is 1. The fourth-order valence-electron chi connectivity index (χ4n) is 2.98. The quantitative estimate of drug-likeness (QED) is 0.903. The van der Waals surface area contributed by atoms with Gasteiger partial charge in [-0.2, -0.15) is 0 Å². The molecule has 2 nitrogen and oxygen atoms in total. The van der Waals surface area contributed by atoms with Crippen LogP contribution in [0.25, 0.3) is 0 Å². The molecule has 0 spiro atoms. The molecule has 1 aliphatic carbocycles. The Bertz CT molecular complexity index is 570. The minimum Gasteiger partial charge on any atom is -0.314 e. The van der Waals surface area contributed by atoms with E-state index >= 15 is 0 Å². The van der Waals surface area contributed by atoms with Crippen LogP contribution >= 0.6 is 11.3 Å². The molecule has 20 heavy (non-hydrogen) atoms. The minimum atomic E-state index is 0.695. The smallest absolute Gasteiger partial charge is 0.0940 e. The van der Waals surface area contributed by atoms with Crippen LogP contribution in [0.1, 0.15) is 40.6 Å². The Morgan fingerprint density at radius 1 is 1.25 bits per heavy atom. The predicted molar refractivity (Wildman–Crippen MR) is 85.5 cm³/mol. The number of nitrogens with one attached hydrogen (secondary N) is 1. The van der Waals surface area contributed by atoms with Crippen molar-refractivity contribution in [3.8, 4) is 0 Å². The molecule has 106 valence electrons. The zero-order valence-electron chi connectivity index (χ0n) is 12.2. The van der Waals surface area contributed by atoms with Crippen LogP contribution in [0.5, 0.6) is 0 Å². The molecule has 1 N–H and O–H groups in total. The lowest BCUT2D eigenvalue weighted by Crippen LogP contribution is -2.41. The fraction of sp³-hybridized carbons (Fsp3) is 0.471. The van der Waals surface area contributed by atoms with Gasteiger partial charge in [-0.15, -0.1) is 11.3 Å². The summed E-state index contributed by atoms with van der Waals surface area (Å²) in [6, 6.07) is 9.49. The Morgan fingerprint density at radius 3 is 2.75 bits per heavy atom. The molecule has 1 saturated carbocycles. The van der Waals surface area contributed by atoms with Crippen LogP contribution < -0.4 is 5.32 Å². The first-order valence-corrected chi connectivity index (χ1v) is 8.30. The maximum absolute atomic E-state index is 4.50. The maximum atomic E-state index is 4.50. The van der Waals surface area contributed by atoms with Crippen molar-refractivity contribution in [3.05, 3.63) is 51.5 Å². The summed E-state index contributed by atoms with van der Waals surface area (Å²) in [6.07, 6.45) is 3.62. The summed E-state index contributed by atoms with van der Waals surface area (Å²) in [5.74, 6) is 0.760. The van der Waals surface area contributed by atoms with Crippen LogP contribution in [0.15, 0.2) is 29.6 Å². The molecule has 2 aromatic rings. The van der Waals surface area contributed by atoms with Crippen LogP contribution in [0.2, 0.25) is 0 Å². The highest BCUT2D eigenvalue weighted by Crippen LogP contribution is 2.38. The summed E-state index contributed by atoms with van der Waals surface area (Å²) in [6.45, 7) is 5.34. The number of aryl methyl sites for hydroxylation is 2. The van der Waals surface area contributed by atoms with E-state index < -0.39 is 0 Å². The summed E-state index contributed by atoms with van der Waals surface area (Å²) in [7, 11) is 0. The molecule has 0 aliphatic heterocycles. The van der Waals surface area contributed by atoms with E-state index in [9.17, 15) is 0 Å². The van der Waals surface area contributed by atoms with E-state index in [1.54, 1.807) is 16.9 Å². The van der Waals surface area contributed by atoms with Gasteiger partial charge in [0.2, 0.25) is 0 Å². The molecular formula is C17H22N2S. The number of hydrogen-bond donors (Lipinski definition) is 1. The first kappa shape index (κ1) is 13.8. The lowest BCUT2D eigenvalue weighted by atomic mass is 9.74. The van der Waals surface area contributed by atoms with Crippen molar-refractivity contribution < 1.29 is 0 Å². The first-order valence-electron chi connectivity index (χ1n) is 7.42. The molecular weight excluding hydrogens is 264 g/mol. The maximum Gasteiger partial charge on any atom is 0.0940 e. The minimum absolute atomic E-state index is 0.695. The van der Waals surface area contributed by atoms with E-state index in [0.29, 0.717) is 6.04 Å². The lowest BCUT2D eigenvalue weighted by molar-refractivity contribution is 0.292. The fourth-order valence-corrected chi connectivity index (χ4v) is 3.76. The van der Waals surface area contributed by atoms with Gasteiger partial charge in [-0.3, -0.25) is 0 Å². The molecule has 1 aromatic carbocycles. The third-order valence-electron chi connectivity index (χ3n) is 4.20. The lowest BCUT2D eigenvalue weighted by Gasteiger charge is -2.37. The third-order valence-corrected chi connectivity index (χ3v) is 5.23. The van der Waals surface area contributed by atoms with Crippen LogP contribution in [-0.4, -0.2) is 17.6 Å². The largest absolute Gasteiger partial charge is 0.314 e. The third kappa shape index (κ3) is 3.10. The van der Waals surface area contributed by atoms with E-state index in [-0.39, 0.29) is 0 Å². The highest BCUT2D eigenvalue weighted by Gasteiger charge is 2.30. The van der Waals surface area contributed by atoms with Gasteiger partial charge in [-0.1, -0.05) is 24.3 Å². The van der Waals surface area contributed by atoms with Gasteiger partial charge < -0.3 is 5.32 Å². The zero-order valence-corrected chi connectivity index (χ0v) is 13.0. The number of aromatic nitrogens is 1. The molecule has 1 fully saturated rings. The van der Waals surface area contributed by atoms with Gasteiger partial charge in [0.1, 0.15) is 0 Å². The highest BCUT2D eigenvalue weighted by molar-refractivity contribution is 7.09. The second kappa shape index (κ2) is 6.06. The molecule has 0 saturated heterocycles. The molecule has 1 aliphatic rings. The molecule has 3 heteroatoms. The molecule has 0 amide bonds. The summed E-state index contributed by atoms with van der Waals surface area (Å²) in [5.41, 5.74) is 4.13. The van der Waals surface area contributed by atoms with E-state index in [0.717, 1.165) is 24.6 Å². The van der Waals surface area contributed by atoms with Crippen molar-refractivity contribution in [1.82, 2.24) is 10.3 Å². The van der Waals surface area contributed by atoms with Crippen molar-refractivity contribution in [1.29, 1.82) is 0 Å². The number of thiazole rings is 1. The number of rotatable bonds is 5. The molecule has 3 rings (SSSR count). The predicted octanol–water partition coefficient (Wildman–Crippen LogP) is 3.84. The Hall–Kier alpha value is -1.19. The molecule has 1 aromatic heterocycles. The molecule has 0 atom stereocenters. The molecule has 1 heterocycles. The van der Waals surface area contributed by atoms with E-state index in [1.165, 1.54) is 23.4 Å². The normalized spacial score (nSPS) is 21.7. The van der Waals surface area contributed by atoms with E-state index in [1.807, 2.05) is 0 Å². The Balaban J connectivity index is 1.41. The van der Waals surface area contributed by atoms with Gasteiger partial charge in [0.15, 0.2) is 0 Å². The topological polar surface area (TPSA) is 24.9 Å². The average Bonchev–Trinajstić information content (AvgIpc) is 2.79. The number of hydrogen-bond acceptors (Lipinski definition) is 3. The second-order valence-corrected chi connectivity index (χ2v) is 6.75. The summed E-state index contributed by atoms with van der Waals surface area (Å²) < 4.78 is 0. The van der Waals surface area contributed by atoms with Crippen LogP contribution in [0.3, 0.4) is 0 Å². The van der Waals surface area contributed by atoms with Gasteiger partial charge in [0.25, 0.3) is 0 Å². The zero-order chi connectivity index (χ0) is 13.9. The Morgan fingerprint density at radius 2 is 2.05 bits per heavy atom. The van der Waals surface area contributed by atoms with E-state index in [2.05, 4.69) is 53.8 Å². The van der Waals surface area contributed by atoms with Crippen molar-refractivity contribution >= 4 is 11.3 Å². The van der Waals surface area contributed by atoms with Crippen LogP contribution in [-0.2, 0) is 6.42 Å². The second-order valence-electron chi connectivity index (χ2n) is 5.81. The molecule has 0 radical (unpaired) electrons. The summed E-state index contributed by atoms with van der Waals surface area (Å²) in [4.78, 5) is 4.50. The van der Waals surface area contributed by atoms with Crippen molar-refractivity contribution in [2.24, 2.45) is 0 Å². The Kier molecular flexibility index (Phi) is 4.18. The molecule has 0 bridgehead atoms. The monoisotopic (exact) mass is 286 g/mol. The van der Waals surface area contributed by atoms with Gasteiger partial charge >= 0.3 is 0 Å². The van der Waals surface area contributed by atoms with Crippen molar-refractivity contribution in [2.75, 3.05) is 6.54 Å². The highest BCUT2D eigenvalue weighted by atomic mass is 32.1. The first-order chi connectivity index (χ1) is 9.72. The van der Waals surface area contributed by atoms with Crippen molar-refractivity contribution in [2.45, 2.75) is 45.1 Å².